The molecule has 0 fully saturated rings. The molecule has 0 aliphatic rings. The van der Waals surface area contributed by atoms with Crippen molar-refractivity contribution in [1.82, 2.24) is 0 Å². The number of hydrogen-bond acceptors (Lipinski definition) is 7. The number of aliphatic hydroxyl groups excluding tert-OH is 1. The quantitative estimate of drug-likeness (QED) is 0.335. The fraction of sp³-hybridized carbons (Fsp3) is 0.778. The predicted molar refractivity (Wildman–Crippen MR) is 77.9 cm³/mol. The van der Waals surface area contributed by atoms with Crippen molar-refractivity contribution in [3.63, 3.8) is 0 Å². The molecule has 0 amide bonds. The topological polar surface area (TPSA) is 115 Å². The van der Waals surface area contributed by atoms with Gasteiger partial charge in [-0.15, -0.1) is 11.8 Å². The van der Waals surface area contributed by atoms with Gasteiger partial charge in [-0.05, 0) is 32.7 Å². The monoisotopic (exact) mass is 285 g/mol. The summed E-state index contributed by atoms with van der Waals surface area (Å²) >= 11 is 5.22. The van der Waals surface area contributed by atoms with Gasteiger partial charge in [-0.1, -0.05) is 0 Å². The lowest BCUT2D eigenvalue weighted by atomic mass is 10.4. The fourth-order valence-electron chi connectivity index (χ4n) is 0.393. The molecular formula is C9H23N3O3S2. The molecule has 104 valence electrons. The van der Waals surface area contributed by atoms with Crippen LogP contribution >= 0.6 is 24.4 Å². The Kier molecular flexibility index (Phi) is 27.2. The van der Waals surface area contributed by atoms with E-state index < -0.39 is 4.92 Å². The summed E-state index contributed by atoms with van der Waals surface area (Å²) in [7, 11) is 0. The van der Waals surface area contributed by atoms with E-state index in [1.807, 2.05) is 0 Å². The summed E-state index contributed by atoms with van der Waals surface area (Å²) in [5, 5.41) is 17.4. The van der Waals surface area contributed by atoms with Crippen LogP contribution in [-0.2, 0) is 0 Å². The Morgan fingerprint density at radius 2 is 1.94 bits per heavy atom. The van der Waals surface area contributed by atoms with Gasteiger partial charge < -0.3 is 16.6 Å². The van der Waals surface area contributed by atoms with Crippen LogP contribution in [0.1, 0.15) is 13.3 Å². The first-order valence-electron chi connectivity index (χ1n) is 5.03. The highest BCUT2D eigenvalue weighted by molar-refractivity contribution is 8.03. The summed E-state index contributed by atoms with van der Waals surface area (Å²) in [6.45, 7) is 3.37. The summed E-state index contributed by atoms with van der Waals surface area (Å²) < 4.78 is 0. The molecule has 0 aromatic heterocycles. The van der Waals surface area contributed by atoms with E-state index in [9.17, 15) is 10.1 Å². The van der Waals surface area contributed by atoms with Crippen LogP contribution in [0.2, 0.25) is 0 Å². The summed E-state index contributed by atoms with van der Waals surface area (Å²) in [5.41, 5.74) is 10.1. The molecule has 0 heterocycles. The first-order valence-corrected chi connectivity index (χ1v) is 6.89. The Hall–Kier alpha value is -0.280. The molecule has 0 aromatic rings. The zero-order valence-electron chi connectivity index (χ0n) is 10.3. The maximum atomic E-state index is 9.81. The van der Waals surface area contributed by atoms with E-state index in [1.54, 1.807) is 13.2 Å². The van der Waals surface area contributed by atoms with Gasteiger partial charge in [-0.3, -0.25) is 10.1 Å². The number of rotatable bonds is 5. The first kappa shape index (κ1) is 21.9. The Labute approximate surface area is 112 Å². The molecule has 0 spiro atoms. The summed E-state index contributed by atoms with van der Waals surface area (Å²) in [5.74, 6) is 0.433. The van der Waals surface area contributed by atoms with Crippen LogP contribution in [0, 0.1) is 10.1 Å². The van der Waals surface area contributed by atoms with Crippen LogP contribution in [0.3, 0.4) is 0 Å². The van der Waals surface area contributed by atoms with Crippen molar-refractivity contribution in [1.29, 1.82) is 0 Å². The predicted octanol–water partition coefficient (Wildman–Crippen LogP) is 0.690. The maximum Gasteiger partial charge on any atom is 0.244 e. The van der Waals surface area contributed by atoms with Gasteiger partial charge in [0.2, 0.25) is 6.20 Å². The number of hydrogen-bond donors (Lipinski definition) is 4. The molecule has 0 radical (unpaired) electrons. The lowest BCUT2D eigenvalue weighted by molar-refractivity contribution is -0.402. The van der Waals surface area contributed by atoms with E-state index in [1.165, 1.54) is 11.8 Å². The van der Waals surface area contributed by atoms with Gasteiger partial charge in [-0.25, -0.2) is 0 Å². The van der Waals surface area contributed by atoms with Crippen LogP contribution in [0.4, 0.5) is 0 Å². The van der Waals surface area contributed by atoms with Gasteiger partial charge >= 0.3 is 0 Å². The minimum Gasteiger partial charge on any atom is -0.397 e. The van der Waals surface area contributed by atoms with Crippen LogP contribution in [0.5, 0.6) is 0 Å². The third kappa shape index (κ3) is 31.3. The van der Waals surface area contributed by atoms with Gasteiger partial charge in [0, 0.05) is 12.4 Å². The van der Waals surface area contributed by atoms with E-state index in [0.717, 1.165) is 25.7 Å². The molecule has 0 bridgehead atoms. The van der Waals surface area contributed by atoms with Crippen molar-refractivity contribution in [2.45, 2.75) is 13.3 Å². The second-order valence-corrected chi connectivity index (χ2v) is 3.74. The molecule has 0 atom stereocenters. The van der Waals surface area contributed by atoms with E-state index in [0.29, 0.717) is 10.7 Å². The zero-order chi connectivity index (χ0) is 14.1. The Morgan fingerprint density at radius 3 is 2.00 bits per heavy atom. The number of nitrogens with two attached hydrogens (primary N) is 2. The summed E-state index contributed by atoms with van der Waals surface area (Å²) in [6.07, 6.45) is 3.70. The van der Waals surface area contributed by atoms with E-state index in [2.05, 4.69) is 12.6 Å². The molecule has 0 aliphatic carbocycles. The van der Waals surface area contributed by atoms with E-state index >= 15 is 0 Å². The van der Waals surface area contributed by atoms with Gasteiger partial charge in [-0.2, -0.15) is 12.6 Å². The Morgan fingerprint density at radius 1 is 1.53 bits per heavy atom. The maximum absolute atomic E-state index is 9.81. The molecule has 0 saturated heterocycles. The highest BCUT2D eigenvalue weighted by Gasteiger charge is 1.96. The fourth-order valence-corrected chi connectivity index (χ4v) is 1.18. The highest BCUT2D eigenvalue weighted by Crippen LogP contribution is 2.11. The molecule has 0 unspecified atom stereocenters. The average molecular weight is 285 g/mol. The third-order valence-corrected chi connectivity index (χ3v) is 2.40. The minimum absolute atomic E-state index is 0.250. The van der Waals surface area contributed by atoms with Crippen LogP contribution in [0.25, 0.3) is 0 Å². The second kappa shape index (κ2) is 21.1. The van der Waals surface area contributed by atoms with Crippen molar-refractivity contribution in [2.24, 2.45) is 11.5 Å². The van der Waals surface area contributed by atoms with Gasteiger partial charge in [0.15, 0.2) is 0 Å². The Balaban J connectivity index is -0.000000207. The number of aliphatic hydroxyl groups is 1. The standard InChI is InChI=1S/C4H7NO2S2.C3H10N2.C2H6O/c1-9-4(3-8)2-5(6)7;4-2-1-3-5;1-2-3/h2,8H,3H2,1H3;1-5H2;3H,2H2,1H3/b4-2-;;. The first-order chi connectivity index (χ1) is 8.03. The normalized spacial score (nSPS) is 9.65. The highest BCUT2D eigenvalue weighted by atomic mass is 32.2. The van der Waals surface area contributed by atoms with Gasteiger partial charge in [0.05, 0.1) is 9.83 Å². The third-order valence-electron chi connectivity index (χ3n) is 1.08. The molecule has 0 rings (SSSR count). The number of nitrogens with zero attached hydrogens (tertiary/aromatic N) is 1. The molecular weight excluding hydrogens is 262 g/mol. The minimum atomic E-state index is -0.470. The largest absolute Gasteiger partial charge is 0.397 e. The van der Waals surface area contributed by atoms with Crippen molar-refractivity contribution < 1.29 is 10.0 Å². The van der Waals surface area contributed by atoms with Gasteiger partial charge in [0.25, 0.3) is 0 Å². The van der Waals surface area contributed by atoms with E-state index in [-0.39, 0.29) is 6.61 Å². The number of nitro groups is 1. The molecule has 5 N–H and O–H groups in total. The lowest BCUT2D eigenvalue weighted by Gasteiger charge is -1.90. The van der Waals surface area contributed by atoms with Crippen molar-refractivity contribution in [2.75, 3.05) is 31.7 Å². The molecule has 8 heteroatoms. The SMILES string of the molecule is CCO.CS/C(=C\[N+](=O)[O-])CS.NCCCN. The lowest BCUT2D eigenvalue weighted by Crippen LogP contribution is -2.06. The summed E-state index contributed by atoms with van der Waals surface area (Å²) in [4.78, 5) is 10.0. The molecule has 0 aromatic carbocycles. The number of thioether (sulfide) groups is 1. The smallest absolute Gasteiger partial charge is 0.244 e. The van der Waals surface area contributed by atoms with Crippen molar-refractivity contribution in [3.8, 4) is 0 Å². The van der Waals surface area contributed by atoms with Crippen molar-refractivity contribution in [3.05, 3.63) is 21.2 Å². The van der Waals surface area contributed by atoms with Gasteiger partial charge in [0.1, 0.15) is 0 Å². The molecule has 0 saturated carbocycles. The molecule has 0 aliphatic heterocycles. The van der Waals surface area contributed by atoms with E-state index in [4.69, 9.17) is 16.6 Å². The second-order valence-electron chi connectivity index (χ2n) is 2.49. The Bertz CT molecular complexity index is 184. The molecule has 17 heavy (non-hydrogen) atoms. The number of thiol groups is 1. The average Bonchev–Trinajstić information content (AvgIpc) is 2.28. The summed E-state index contributed by atoms with van der Waals surface area (Å²) in [6, 6.07) is 0. The van der Waals surface area contributed by atoms with Crippen LogP contribution < -0.4 is 11.5 Å². The van der Waals surface area contributed by atoms with Crippen molar-refractivity contribution >= 4 is 24.4 Å². The van der Waals surface area contributed by atoms with Crippen LogP contribution in [-0.4, -0.2) is 41.7 Å². The molecule has 6 nitrogen and oxygen atoms in total. The zero-order valence-corrected chi connectivity index (χ0v) is 12.0. The van der Waals surface area contributed by atoms with Crippen LogP contribution in [0.15, 0.2) is 11.1 Å².